The second kappa shape index (κ2) is 7.67. The minimum atomic E-state index is -0.339. The molecule has 0 saturated heterocycles. The summed E-state index contributed by atoms with van der Waals surface area (Å²) in [5.74, 6) is 0.268. The highest BCUT2D eigenvalue weighted by Gasteiger charge is 2.15. The van der Waals surface area contributed by atoms with E-state index >= 15 is 0 Å². The van der Waals surface area contributed by atoms with Crippen LogP contribution in [0.5, 0.6) is 5.75 Å². The average Bonchev–Trinajstić information content (AvgIpc) is 3.07. The fourth-order valence-corrected chi connectivity index (χ4v) is 4.20. The Kier molecular flexibility index (Phi) is 4.82. The number of carbonyl (C=O) groups is 1. The first-order valence-corrected chi connectivity index (χ1v) is 10.5. The van der Waals surface area contributed by atoms with E-state index in [9.17, 15) is 9.59 Å². The molecule has 0 aliphatic carbocycles. The minimum Gasteiger partial charge on any atom is -0.489 e. The van der Waals surface area contributed by atoms with Crippen molar-refractivity contribution in [1.82, 2.24) is 9.38 Å². The van der Waals surface area contributed by atoms with Gasteiger partial charge >= 0.3 is 5.97 Å². The van der Waals surface area contributed by atoms with Crippen LogP contribution in [-0.4, -0.2) is 15.4 Å². The van der Waals surface area contributed by atoms with Crippen LogP contribution in [0.4, 0.5) is 0 Å². The molecule has 5 aromatic rings. The Morgan fingerprint density at radius 2 is 1.77 bits per heavy atom. The summed E-state index contributed by atoms with van der Waals surface area (Å²) in [4.78, 5) is 27.8. The SMILES string of the molecule is CC(=O)OCc1cncc(COc2cc3c(=O)ccn4c5ccc(Br)cc5c(c2)c34)c1. The van der Waals surface area contributed by atoms with Crippen LogP contribution in [-0.2, 0) is 22.7 Å². The number of fused-ring (bicyclic) bond motifs is 3. The normalized spacial score (nSPS) is 11.4. The quantitative estimate of drug-likeness (QED) is 0.339. The molecule has 0 aliphatic rings. The number of hydrogen-bond acceptors (Lipinski definition) is 5. The van der Waals surface area contributed by atoms with E-state index in [0.717, 1.165) is 37.4 Å². The van der Waals surface area contributed by atoms with Gasteiger partial charge in [-0.3, -0.25) is 14.6 Å². The minimum absolute atomic E-state index is 0.0464. The largest absolute Gasteiger partial charge is 0.489 e. The molecule has 0 amide bonds. The number of esters is 1. The Balaban J connectivity index is 1.53. The molecule has 0 atom stereocenters. The van der Waals surface area contributed by atoms with Gasteiger partial charge < -0.3 is 13.9 Å². The molecule has 0 bridgehead atoms. The molecule has 3 heterocycles. The summed E-state index contributed by atoms with van der Waals surface area (Å²) in [6, 6.07) is 13.3. The number of aromatic nitrogens is 2. The molecule has 5 rings (SSSR count). The first-order valence-electron chi connectivity index (χ1n) is 9.68. The van der Waals surface area contributed by atoms with Gasteiger partial charge in [-0.1, -0.05) is 15.9 Å². The maximum atomic E-state index is 12.6. The lowest BCUT2D eigenvalue weighted by Gasteiger charge is -2.09. The summed E-state index contributed by atoms with van der Waals surface area (Å²) in [5.41, 5.74) is 3.50. The second-order valence-corrected chi connectivity index (χ2v) is 8.26. The topological polar surface area (TPSA) is 69.9 Å². The molecule has 2 aromatic carbocycles. The van der Waals surface area contributed by atoms with Crippen molar-refractivity contribution < 1.29 is 14.3 Å². The molecule has 0 aliphatic heterocycles. The monoisotopic (exact) mass is 476 g/mol. The highest BCUT2D eigenvalue weighted by molar-refractivity contribution is 9.10. The van der Waals surface area contributed by atoms with Crippen LogP contribution in [0.3, 0.4) is 0 Å². The number of benzene rings is 2. The van der Waals surface area contributed by atoms with Crippen LogP contribution in [0.25, 0.3) is 27.2 Å². The van der Waals surface area contributed by atoms with Gasteiger partial charge in [0.2, 0.25) is 0 Å². The van der Waals surface area contributed by atoms with Crippen LogP contribution in [0.2, 0.25) is 0 Å². The molecule has 7 heteroatoms. The van der Waals surface area contributed by atoms with Gasteiger partial charge in [-0.25, -0.2) is 0 Å². The first-order chi connectivity index (χ1) is 15.0. The van der Waals surface area contributed by atoms with E-state index in [1.165, 1.54) is 6.92 Å². The van der Waals surface area contributed by atoms with E-state index in [1.54, 1.807) is 24.5 Å². The van der Waals surface area contributed by atoms with Crippen LogP contribution in [0, 0.1) is 0 Å². The zero-order chi connectivity index (χ0) is 21.5. The number of ether oxygens (including phenoxy) is 2. The van der Waals surface area contributed by atoms with Crippen LogP contribution < -0.4 is 10.2 Å². The van der Waals surface area contributed by atoms with Gasteiger partial charge in [0.15, 0.2) is 5.43 Å². The van der Waals surface area contributed by atoms with Gasteiger partial charge in [0.25, 0.3) is 0 Å². The number of hydrogen-bond donors (Lipinski definition) is 0. The third-order valence-corrected chi connectivity index (χ3v) is 5.67. The van der Waals surface area contributed by atoms with Gasteiger partial charge in [-0.15, -0.1) is 0 Å². The zero-order valence-corrected chi connectivity index (χ0v) is 18.2. The molecule has 0 unspecified atom stereocenters. The number of rotatable bonds is 5. The molecule has 0 saturated carbocycles. The molecule has 154 valence electrons. The maximum Gasteiger partial charge on any atom is 0.302 e. The number of nitrogens with zero attached hydrogens (tertiary/aromatic N) is 2. The first kappa shape index (κ1) is 19.5. The Bertz CT molecular complexity index is 1510. The zero-order valence-electron chi connectivity index (χ0n) is 16.6. The standard InChI is InChI=1S/C24H17BrN2O4/c1-14(28)30-12-15-6-16(11-26-10-15)13-31-18-8-20-19-7-17(25)2-3-22(19)27-5-4-23(29)21(9-18)24(20)27/h2-11H,12-13H2,1H3. The predicted octanol–water partition coefficient (Wildman–Crippen LogP) is 4.84. The Morgan fingerprint density at radius 1 is 1.00 bits per heavy atom. The molecule has 0 radical (unpaired) electrons. The molecule has 3 aromatic heterocycles. The van der Waals surface area contributed by atoms with Crippen molar-refractivity contribution in [2.75, 3.05) is 0 Å². The number of carbonyl (C=O) groups excluding carboxylic acids is 1. The van der Waals surface area contributed by atoms with Gasteiger partial charge in [-0.05, 0) is 36.4 Å². The summed E-state index contributed by atoms with van der Waals surface area (Å²) in [6.07, 6.45) is 5.17. The highest BCUT2D eigenvalue weighted by atomic mass is 79.9. The highest BCUT2D eigenvalue weighted by Crippen LogP contribution is 2.35. The van der Waals surface area contributed by atoms with E-state index in [2.05, 4.69) is 20.9 Å². The Hall–Kier alpha value is -3.45. The van der Waals surface area contributed by atoms with E-state index in [-0.39, 0.29) is 24.6 Å². The molecule has 31 heavy (non-hydrogen) atoms. The third-order valence-electron chi connectivity index (χ3n) is 5.17. The lowest BCUT2D eigenvalue weighted by atomic mass is 10.1. The van der Waals surface area contributed by atoms with E-state index < -0.39 is 0 Å². The third kappa shape index (κ3) is 3.61. The van der Waals surface area contributed by atoms with Crippen molar-refractivity contribution in [2.24, 2.45) is 0 Å². The summed E-state index contributed by atoms with van der Waals surface area (Å²) in [6.45, 7) is 1.81. The number of halogens is 1. The lowest BCUT2D eigenvalue weighted by Crippen LogP contribution is -2.04. The van der Waals surface area contributed by atoms with Gasteiger partial charge in [0.05, 0.1) is 16.4 Å². The van der Waals surface area contributed by atoms with Crippen LogP contribution in [0.1, 0.15) is 18.1 Å². The second-order valence-electron chi connectivity index (χ2n) is 7.35. The predicted molar refractivity (Wildman–Crippen MR) is 122 cm³/mol. The maximum absolute atomic E-state index is 12.6. The fraction of sp³-hybridized carbons (Fsp3) is 0.125. The van der Waals surface area contributed by atoms with Gasteiger partial charge in [0, 0.05) is 58.0 Å². The van der Waals surface area contributed by atoms with Crippen molar-refractivity contribution in [1.29, 1.82) is 0 Å². The van der Waals surface area contributed by atoms with Crippen molar-refractivity contribution in [3.05, 3.63) is 86.9 Å². The van der Waals surface area contributed by atoms with E-state index in [0.29, 0.717) is 11.1 Å². The summed E-state index contributed by atoms with van der Waals surface area (Å²) in [7, 11) is 0. The van der Waals surface area contributed by atoms with Crippen molar-refractivity contribution >= 4 is 49.1 Å². The fourth-order valence-electron chi connectivity index (χ4n) is 3.84. The van der Waals surface area contributed by atoms with Crippen molar-refractivity contribution in [2.45, 2.75) is 20.1 Å². The van der Waals surface area contributed by atoms with Crippen LogP contribution >= 0.6 is 15.9 Å². The summed E-state index contributed by atoms with van der Waals surface area (Å²) in [5, 5.41) is 2.62. The summed E-state index contributed by atoms with van der Waals surface area (Å²) >= 11 is 3.54. The van der Waals surface area contributed by atoms with Crippen molar-refractivity contribution in [3.63, 3.8) is 0 Å². The van der Waals surface area contributed by atoms with Gasteiger partial charge in [-0.2, -0.15) is 0 Å². The average molecular weight is 477 g/mol. The van der Waals surface area contributed by atoms with Crippen LogP contribution in [0.15, 0.2) is 70.3 Å². The summed E-state index contributed by atoms with van der Waals surface area (Å²) < 4.78 is 14.1. The van der Waals surface area contributed by atoms with E-state index in [1.807, 2.05) is 40.9 Å². The Morgan fingerprint density at radius 3 is 2.58 bits per heavy atom. The molecular formula is C24H17BrN2O4. The number of pyridine rings is 2. The molecule has 6 nitrogen and oxygen atoms in total. The van der Waals surface area contributed by atoms with Gasteiger partial charge in [0.1, 0.15) is 19.0 Å². The molecule has 0 spiro atoms. The molecular weight excluding hydrogens is 460 g/mol. The smallest absolute Gasteiger partial charge is 0.302 e. The lowest BCUT2D eigenvalue weighted by molar-refractivity contribution is -0.142. The molecule has 0 N–H and O–H groups in total. The Labute approximate surface area is 185 Å². The molecule has 0 fully saturated rings. The van der Waals surface area contributed by atoms with E-state index in [4.69, 9.17) is 9.47 Å². The van der Waals surface area contributed by atoms with Crippen molar-refractivity contribution in [3.8, 4) is 5.75 Å².